The van der Waals surface area contributed by atoms with Crippen molar-refractivity contribution in [1.82, 2.24) is 0 Å². The van der Waals surface area contributed by atoms with Crippen molar-refractivity contribution in [1.29, 1.82) is 0 Å². The molecule has 0 saturated carbocycles. The normalized spacial score (nSPS) is 11.2. The van der Waals surface area contributed by atoms with Gasteiger partial charge in [-0.2, -0.15) is 0 Å². The summed E-state index contributed by atoms with van der Waals surface area (Å²) in [5.41, 5.74) is 3.66. The highest BCUT2D eigenvalue weighted by Gasteiger charge is 2.16. The van der Waals surface area contributed by atoms with Crippen LogP contribution in [0.2, 0.25) is 0 Å². The molecule has 0 N–H and O–H groups in total. The van der Waals surface area contributed by atoms with Crippen molar-refractivity contribution in [3.63, 3.8) is 0 Å². The Labute approximate surface area is 194 Å². The smallest absolute Gasteiger partial charge is 0.338 e. The first-order valence-electron chi connectivity index (χ1n) is 10.7. The Bertz CT molecular complexity index is 1000. The summed E-state index contributed by atoms with van der Waals surface area (Å²) in [6.45, 7) is 12.4. The number of esters is 3. The third kappa shape index (κ3) is 8.41. The molecule has 2 aromatic rings. The fourth-order valence-corrected chi connectivity index (χ4v) is 2.87. The molecule has 33 heavy (non-hydrogen) atoms. The summed E-state index contributed by atoms with van der Waals surface area (Å²) in [6.07, 6.45) is 0.870. The summed E-state index contributed by atoms with van der Waals surface area (Å²) < 4.78 is 15.8. The van der Waals surface area contributed by atoms with E-state index in [1.165, 1.54) is 0 Å². The molecule has 0 heterocycles. The van der Waals surface area contributed by atoms with E-state index in [2.05, 4.69) is 13.2 Å². The quantitative estimate of drug-likeness (QED) is 0.270. The Balaban J connectivity index is 2.04. The number of rotatable bonds is 11. The third-order valence-electron chi connectivity index (χ3n) is 4.79. The van der Waals surface area contributed by atoms with E-state index in [0.29, 0.717) is 23.3 Å². The highest BCUT2D eigenvalue weighted by molar-refractivity contribution is 5.88. The number of carbonyl (C=O) groups is 3. The number of benzene rings is 2. The van der Waals surface area contributed by atoms with Gasteiger partial charge in [0.2, 0.25) is 0 Å². The maximum absolute atomic E-state index is 11.8. The van der Waals surface area contributed by atoms with Gasteiger partial charge in [0.15, 0.2) is 0 Å². The Hall–Kier alpha value is -3.67. The second-order valence-electron chi connectivity index (χ2n) is 7.88. The number of hydrogen-bond donors (Lipinski definition) is 0. The molecule has 0 saturated heterocycles. The van der Waals surface area contributed by atoms with Crippen LogP contribution in [-0.4, -0.2) is 31.1 Å². The minimum absolute atomic E-state index is 0.134. The van der Waals surface area contributed by atoms with Crippen LogP contribution in [0.15, 0.2) is 72.8 Å². The lowest BCUT2D eigenvalue weighted by molar-refractivity contribution is -0.147. The molecule has 174 valence electrons. The SMILES string of the molecule is C=C(C)C(=O)OCC(COC(=O)CC)Cc1ccc(-c2ccc(OC(=O)C(=C)C)cc2)cc1. The maximum Gasteiger partial charge on any atom is 0.338 e. The Morgan fingerprint density at radius 2 is 1.30 bits per heavy atom. The molecule has 6 nitrogen and oxygen atoms in total. The second kappa shape index (κ2) is 12.4. The average Bonchev–Trinajstić information content (AvgIpc) is 2.81. The van der Waals surface area contributed by atoms with Crippen LogP contribution in [0.4, 0.5) is 0 Å². The molecule has 2 aromatic carbocycles. The molecular formula is C27H30O6. The van der Waals surface area contributed by atoms with Crippen molar-refractivity contribution in [3.05, 3.63) is 78.4 Å². The minimum Gasteiger partial charge on any atom is -0.465 e. The summed E-state index contributed by atoms with van der Waals surface area (Å²) in [5.74, 6) is -0.928. The van der Waals surface area contributed by atoms with Crippen molar-refractivity contribution in [3.8, 4) is 16.9 Å². The van der Waals surface area contributed by atoms with Crippen molar-refractivity contribution in [2.75, 3.05) is 13.2 Å². The third-order valence-corrected chi connectivity index (χ3v) is 4.79. The lowest BCUT2D eigenvalue weighted by Crippen LogP contribution is -2.23. The predicted octanol–water partition coefficient (Wildman–Crippen LogP) is 5.07. The molecule has 0 aliphatic rings. The Morgan fingerprint density at radius 1 is 0.788 bits per heavy atom. The topological polar surface area (TPSA) is 78.9 Å². The molecule has 1 atom stereocenters. The van der Waals surface area contributed by atoms with Crippen LogP contribution in [-0.2, 0) is 30.3 Å². The average molecular weight is 451 g/mol. The second-order valence-corrected chi connectivity index (χ2v) is 7.88. The van der Waals surface area contributed by atoms with Crippen molar-refractivity contribution in [2.24, 2.45) is 5.92 Å². The van der Waals surface area contributed by atoms with Gasteiger partial charge in [-0.3, -0.25) is 4.79 Å². The van der Waals surface area contributed by atoms with Gasteiger partial charge >= 0.3 is 17.9 Å². The van der Waals surface area contributed by atoms with Crippen molar-refractivity contribution >= 4 is 17.9 Å². The van der Waals surface area contributed by atoms with Crippen molar-refractivity contribution < 1.29 is 28.6 Å². The number of carbonyl (C=O) groups excluding carboxylic acids is 3. The summed E-state index contributed by atoms with van der Waals surface area (Å²) in [6, 6.07) is 15.2. The zero-order chi connectivity index (χ0) is 24.4. The molecule has 0 aliphatic carbocycles. The zero-order valence-corrected chi connectivity index (χ0v) is 19.4. The van der Waals surface area contributed by atoms with E-state index >= 15 is 0 Å². The molecule has 0 spiro atoms. The maximum atomic E-state index is 11.8. The molecule has 0 bridgehead atoms. The van der Waals surface area contributed by atoms with E-state index in [9.17, 15) is 14.4 Å². The largest absolute Gasteiger partial charge is 0.465 e. The van der Waals surface area contributed by atoms with Crippen LogP contribution in [0, 0.1) is 5.92 Å². The van der Waals surface area contributed by atoms with Crippen LogP contribution < -0.4 is 4.74 Å². The van der Waals surface area contributed by atoms with E-state index in [0.717, 1.165) is 16.7 Å². The Kier molecular flexibility index (Phi) is 9.61. The molecule has 0 aromatic heterocycles. The van der Waals surface area contributed by atoms with Gasteiger partial charge in [-0.15, -0.1) is 0 Å². The van der Waals surface area contributed by atoms with Crippen LogP contribution in [0.3, 0.4) is 0 Å². The monoisotopic (exact) mass is 450 g/mol. The van der Waals surface area contributed by atoms with E-state index in [-0.39, 0.29) is 31.5 Å². The highest BCUT2D eigenvalue weighted by Crippen LogP contribution is 2.24. The number of hydrogen-bond acceptors (Lipinski definition) is 6. The molecule has 0 aliphatic heterocycles. The number of ether oxygens (including phenoxy) is 3. The first-order valence-corrected chi connectivity index (χ1v) is 10.7. The zero-order valence-electron chi connectivity index (χ0n) is 19.4. The van der Waals surface area contributed by atoms with E-state index in [1.54, 1.807) is 32.9 Å². The Morgan fingerprint density at radius 3 is 1.82 bits per heavy atom. The van der Waals surface area contributed by atoms with E-state index in [1.807, 2.05) is 36.4 Å². The van der Waals surface area contributed by atoms with Gasteiger partial charge in [0.05, 0.1) is 13.2 Å². The predicted molar refractivity (Wildman–Crippen MR) is 127 cm³/mol. The van der Waals surface area contributed by atoms with Gasteiger partial charge in [0, 0.05) is 23.5 Å². The van der Waals surface area contributed by atoms with Crippen LogP contribution >= 0.6 is 0 Å². The molecule has 0 radical (unpaired) electrons. The van der Waals surface area contributed by atoms with Crippen molar-refractivity contribution in [2.45, 2.75) is 33.6 Å². The summed E-state index contributed by atoms with van der Waals surface area (Å²) in [5, 5.41) is 0. The fraction of sp³-hybridized carbons (Fsp3) is 0.296. The molecule has 0 fully saturated rings. The lowest BCUT2D eigenvalue weighted by atomic mass is 9.98. The summed E-state index contributed by atoms with van der Waals surface area (Å²) in [7, 11) is 0. The van der Waals surface area contributed by atoms with Gasteiger partial charge in [0.1, 0.15) is 5.75 Å². The van der Waals surface area contributed by atoms with Crippen LogP contribution in [0.1, 0.15) is 32.8 Å². The first kappa shape index (κ1) is 25.6. The molecule has 1 unspecified atom stereocenters. The van der Waals surface area contributed by atoms with Gasteiger partial charge in [-0.25, -0.2) is 9.59 Å². The van der Waals surface area contributed by atoms with Gasteiger partial charge in [0.25, 0.3) is 0 Å². The molecular weight excluding hydrogens is 420 g/mol. The molecule has 2 rings (SSSR count). The minimum atomic E-state index is -0.463. The standard InChI is InChI=1S/C27H30O6/c1-6-25(28)31-16-21(17-32-26(29)18(2)3)15-20-7-9-22(10-8-20)23-11-13-24(14-12-23)33-27(30)19(4)5/h7-14,21H,2,4,6,15-17H2,1,3,5H3. The van der Waals surface area contributed by atoms with Gasteiger partial charge < -0.3 is 14.2 Å². The molecule has 6 heteroatoms. The van der Waals surface area contributed by atoms with Crippen LogP contribution in [0.5, 0.6) is 5.75 Å². The summed E-state index contributed by atoms with van der Waals surface area (Å²) >= 11 is 0. The summed E-state index contributed by atoms with van der Waals surface area (Å²) in [4.78, 5) is 34.9. The van der Waals surface area contributed by atoms with Gasteiger partial charge in [-0.05, 0) is 49.1 Å². The molecule has 0 amide bonds. The highest BCUT2D eigenvalue weighted by atomic mass is 16.5. The van der Waals surface area contributed by atoms with E-state index < -0.39 is 11.9 Å². The van der Waals surface area contributed by atoms with Gasteiger partial charge in [-0.1, -0.05) is 56.5 Å². The van der Waals surface area contributed by atoms with Crippen LogP contribution in [0.25, 0.3) is 11.1 Å². The fourth-order valence-electron chi connectivity index (χ4n) is 2.87. The van der Waals surface area contributed by atoms with E-state index in [4.69, 9.17) is 14.2 Å². The first-order chi connectivity index (χ1) is 15.7. The lowest BCUT2D eigenvalue weighted by Gasteiger charge is -2.17.